The van der Waals surface area contributed by atoms with Crippen LogP contribution in [0.1, 0.15) is 22.6 Å². The van der Waals surface area contributed by atoms with Crippen LogP contribution in [0.4, 0.5) is 11.4 Å². The Kier molecular flexibility index (Phi) is 6.32. The van der Waals surface area contributed by atoms with Gasteiger partial charge in [-0.05, 0) is 55.3 Å². The largest absolute Gasteiger partial charge is 0.495 e. The normalized spacial score (nSPS) is 11.6. The number of nitrogens with zero attached hydrogens (tertiary/aromatic N) is 2. The molecule has 0 unspecified atom stereocenters. The van der Waals surface area contributed by atoms with Crippen LogP contribution in [0.3, 0.4) is 0 Å². The van der Waals surface area contributed by atoms with Crippen LogP contribution in [0.25, 0.3) is 12.2 Å². The molecule has 3 rings (SSSR count). The van der Waals surface area contributed by atoms with Crippen molar-refractivity contribution in [3.05, 3.63) is 74.1 Å². The summed E-state index contributed by atoms with van der Waals surface area (Å²) in [4.78, 5) is 10.6. The van der Waals surface area contributed by atoms with Crippen molar-refractivity contribution in [3.8, 4) is 5.75 Å². The van der Waals surface area contributed by atoms with Gasteiger partial charge in [0.1, 0.15) is 5.75 Å². The van der Waals surface area contributed by atoms with Crippen molar-refractivity contribution in [2.75, 3.05) is 11.8 Å². The lowest BCUT2D eigenvalue weighted by Crippen LogP contribution is -2.14. The number of hydrogen-bond acceptors (Lipinski definition) is 7. The first-order chi connectivity index (χ1) is 14.6. The van der Waals surface area contributed by atoms with Crippen LogP contribution in [-0.2, 0) is 10.0 Å². The zero-order valence-electron chi connectivity index (χ0n) is 16.7. The maximum Gasteiger partial charge on any atom is 0.338 e. The van der Waals surface area contributed by atoms with Crippen LogP contribution in [0.5, 0.6) is 5.75 Å². The number of hydrogen-bond donors (Lipinski definition) is 1. The van der Waals surface area contributed by atoms with Gasteiger partial charge in [0.15, 0.2) is 5.69 Å². The van der Waals surface area contributed by atoms with Gasteiger partial charge in [-0.1, -0.05) is 35.0 Å². The van der Waals surface area contributed by atoms with E-state index in [0.29, 0.717) is 16.9 Å². The van der Waals surface area contributed by atoms with Crippen molar-refractivity contribution in [2.24, 2.45) is 0 Å². The third-order valence-electron chi connectivity index (χ3n) is 4.37. The zero-order chi connectivity index (χ0) is 22.8. The molecule has 0 radical (unpaired) electrons. The SMILES string of the molecule is COc1ccc(NS(=O)(=O)c2cc(C=Cc3onc(C)c3[N+](=O)[O-])ccc2C)cc1Cl. The fourth-order valence-electron chi connectivity index (χ4n) is 2.84. The Morgan fingerprint density at radius 1 is 1.19 bits per heavy atom. The summed E-state index contributed by atoms with van der Waals surface area (Å²) in [5, 5.41) is 15.0. The number of nitro groups is 1. The Morgan fingerprint density at radius 3 is 2.58 bits per heavy atom. The lowest BCUT2D eigenvalue weighted by molar-refractivity contribution is -0.386. The van der Waals surface area contributed by atoms with E-state index in [1.165, 1.54) is 44.4 Å². The van der Waals surface area contributed by atoms with E-state index >= 15 is 0 Å². The number of benzene rings is 2. The van der Waals surface area contributed by atoms with E-state index in [9.17, 15) is 18.5 Å². The highest BCUT2D eigenvalue weighted by molar-refractivity contribution is 7.92. The minimum Gasteiger partial charge on any atom is -0.495 e. The van der Waals surface area contributed by atoms with Crippen LogP contribution < -0.4 is 9.46 Å². The predicted molar refractivity (Wildman–Crippen MR) is 117 cm³/mol. The highest BCUT2D eigenvalue weighted by Gasteiger charge is 2.22. The monoisotopic (exact) mass is 463 g/mol. The van der Waals surface area contributed by atoms with Gasteiger partial charge in [0.2, 0.25) is 5.76 Å². The number of sulfonamides is 1. The molecule has 0 aliphatic heterocycles. The summed E-state index contributed by atoms with van der Waals surface area (Å²) in [5.41, 5.74) is 1.21. The Bertz CT molecular complexity index is 1280. The number of anilines is 1. The Morgan fingerprint density at radius 2 is 1.94 bits per heavy atom. The van der Waals surface area contributed by atoms with Crippen molar-refractivity contribution >= 4 is 45.2 Å². The number of nitrogens with one attached hydrogen (secondary N) is 1. The van der Waals surface area contributed by atoms with Gasteiger partial charge in [-0.3, -0.25) is 14.8 Å². The summed E-state index contributed by atoms with van der Waals surface area (Å²) >= 11 is 6.07. The summed E-state index contributed by atoms with van der Waals surface area (Å²) in [6, 6.07) is 9.31. The van der Waals surface area contributed by atoms with Crippen LogP contribution in [0, 0.1) is 24.0 Å². The molecular weight excluding hydrogens is 446 g/mol. The van der Waals surface area contributed by atoms with Gasteiger partial charge >= 0.3 is 5.69 Å². The lowest BCUT2D eigenvalue weighted by atomic mass is 10.1. The molecule has 0 atom stereocenters. The van der Waals surface area contributed by atoms with E-state index in [0.717, 1.165) is 0 Å². The third kappa shape index (κ3) is 4.86. The van der Waals surface area contributed by atoms with Crippen molar-refractivity contribution in [2.45, 2.75) is 18.7 Å². The third-order valence-corrected chi connectivity index (χ3v) is 6.19. The molecule has 0 saturated carbocycles. The van der Waals surface area contributed by atoms with Crippen molar-refractivity contribution in [1.82, 2.24) is 5.16 Å². The summed E-state index contributed by atoms with van der Waals surface area (Å²) in [6.45, 7) is 3.13. The van der Waals surface area contributed by atoms with Crippen molar-refractivity contribution < 1.29 is 22.6 Å². The number of methoxy groups -OCH3 is 1. The second kappa shape index (κ2) is 8.78. The molecule has 1 heterocycles. The minimum atomic E-state index is -3.93. The summed E-state index contributed by atoms with van der Waals surface area (Å²) in [7, 11) is -2.47. The van der Waals surface area contributed by atoms with Crippen LogP contribution in [0.15, 0.2) is 45.8 Å². The van der Waals surface area contributed by atoms with E-state index in [2.05, 4.69) is 9.88 Å². The van der Waals surface area contributed by atoms with E-state index in [-0.39, 0.29) is 32.7 Å². The first kappa shape index (κ1) is 22.3. The van der Waals surface area contributed by atoms with E-state index in [1.807, 2.05) is 0 Å². The second-order valence-corrected chi connectivity index (χ2v) is 8.61. The molecule has 0 aliphatic carbocycles. The zero-order valence-corrected chi connectivity index (χ0v) is 18.3. The topological polar surface area (TPSA) is 125 Å². The van der Waals surface area contributed by atoms with E-state index < -0.39 is 14.9 Å². The lowest BCUT2D eigenvalue weighted by Gasteiger charge is -2.12. The van der Waals surface area contributed by atoms with Gasteiger partial charge in [-0.2, -0.15) is 0 Å². The molecule has 0 aliphatic rings. The molecule has 1 N–H and O–H groups in total. The summed E-state index contributed by atoms with van der Waals surface area (Å²) in [5.74, 6) is 0.392. The highest BCUT2D eigenvalue weighted by Crippen LogP contribution is 2.29. The van der Waals surface area contributed by atoms with Gasteiger partial charge in [0, 0.05) is 0 Å². The highest BCUT2D eigenvalue weighted by atomic mass is 35.5. The Balaban J connectivity index is 1.91. The molecule has 2 aromatic carbocycles. The van der Waals surface area contributed by atoms with Crippen molar-refractivity contribution in [3.63, 3.8) is 0 Å². The summed E-state index contributed by atoms with van der Waals surface area (Å²) in [6.07, 6.45) is 2.88. The molecule has 0 saturated heterocycles. The van der Waals surface area contributed by atoms with Gasteiger partial charge < -0.3 is 9.26 Å². The second-order valence-electron chi connectivity index (χ2n) is 6.55. The standard InChI is InChI=1S/C20H18ClN3O6S/c1-12-4-5-14(6-8-18-20(24(25)26)13(2)22-30-18)10-19(12)31(27,28)23-15-7-9-17(29-3)16(21)11-15/h4-11,23H,1-3H3. The Labute approximate surface area is 183 Å². The fourth-order valence-corrected chi connectivity index (χ4v) is 4.42. The van der Waals surface area contributed by atoms with E-state index in [4.69, 9.17) is 20.9 Å². The molecule has 162 valence electrons. The maximum absolute atomic E-state index is 12.9. The van der Waals surface area contributed by atoms with Crippen LogP contribution >= 0.6 is 11.6 Å². The fraction of sp³-hybridized carbons (Fsp3) is 0.150. The summed E-state index contributed by atoms with van der Waals surface area (Å²) < 4.78 is 38.4. The first-order valence-corrected chi connectivity index (χ1v) is 10.7. The number of aryl methyl sites for hydroxylation is 2. The predicted octanol–water partition coefficient (Wildman–Crippen LogP) is 4.83. The molecule has 31 heavy (non-hydrogen) atoms. The smallest absolute Gasteiger partial charge is 0.338 e. The molecule has 0 amide bonds. The van der Waals surface area contributed by atoms with Crippen LogP contribution in [-0.4, -0.2) is 25.6 Å². The van der Waals surface area contributed by atoms with Gasteiger partial charge in [0.05, 0.1) is 27.6 Å². The van der Waals surface area contributed by atoms with Gasteiger partial charge in [-0.25, -0.2) is 8.42 Å². The van der Waals surface area contributed by atoms with Gasteiger partial charge in [-0.15, -0.1) is 0 Å². The molecule has 9 nitrogen and oxygen atoms in total. The molecule has 3 aromatic rings. The quantitative estimate of drug-likeness (QED) is 0.392. The minimum absolute atomic E-state index is 0.0292. The van der Waals surface area contributed by atoms with Crippen LogP contribution in [0.2, 0.25) is 5.02 Å². The average Bonchev–Trinajstić information content (AvgIpc) is 3.07. The number of halogens is 1. The molecule has 0 spiro atoms. The maximum atomic E-state index is 12.9. The van der Waals surface area contributed by atoms with Gasteiger partial charge in [0.25, 0.3) is 10.0 Å². The molecule has 1 aromatic heterocycles. The molecule has 0 fully saturated rings. The first-order valence-electron chi connectivity index (χ1n) is 8.88. The van der Waals surface area contributed by atoms with E-state index in [1.54, 1.807) is 25.1 Å². The molecule has 11 heteroatoms. The number of rotatable bonds is 7. The Hall–Kier alpha value is -3.37. The average molecular weight is 464 g/mol. The molecule has 0 bridgehead atoms. The van der Waals surface area contributed by atoms with Crippen molar-refractivity contribution in [1.29, 1.82) is 0 Å². The number of aromatic nitrogens is 1. The molecular formula is C20H18ClN3O6S. The number of ether oxygens (including phenoxy) is 1.